The molecule has 0 aliphatic rings. The number of halogens is 3. The first-order chi connectivity index (χ1) is 7.68. The molecule has 0 aromatic heterocycles. The molecule has 94 valence electrons. The molecule has 0 aliphatic carbocycles. The monoisotopic (exact) mass is 246 g/mol. The van der Waals surface area contributed by atoms with E-state index in [1.165, 1.54) is 26.0 Å². The molecule has 2 nitrogen and oxygen atoms in total. The lowest BCUT2D eigenvalue weighted by Gasteiger charge is -2.24. The minimum Gasteiger partial charge on any atom is -0.387 e. The molecule has 0 heterocycles. The molecule has 0 amide bonds. The minimum absolute atomic E-state index is 0.287. The Hall–Kier alpha value is -1.36. The van der Waals surface area contributed by atoms with Crippen LogP contribution in [0.5, 0.6) is 0 Å². The van der Waals surface area contributed by atoms with Crippen LogP contribution in [0.25, 0.3) is 0 Å². The summed E-state index contributed by atoms with van der Waals surface area (Å²) in [5.41, 5.74) is -1.52. The predicted molar refractivity (Wildman–Crippen MR) is 56.2 cm³/mol. The van der Waals surface area contributed by atoms with Crippen LogP contribution in [0.2, 0.25) is 0 Å². The SMILES string of the molecule is CC(C)(C=O)[C@@H](O)c1ccc(C(F)(F)F)cc1. The molecule has 17 heavy (non-hydrogen) atoms. The van der Waals surface area contributed by atoms with Gasteiger partial charge in [-0.3, -0.25) is 0 Å². The van der Waals surface area contributed by atoms with Crippen molar-refractivity contribution in [2.75, 3.05) is 0 Å². The van der Waals surface area contributed by atoms with Crippen molar-refractivity contribution in [1.29, 1.82) is 0 Å². The summed E-state index contributed by atoms with van der Waals surface area (Å²) in [7, 11) is 0. The molecule has 1 N–H and O–H groups in total. The molecule has 0 radical (unpaired) electrons. The Morgan fingerprint density at radius 1 is 1.18 bits per heavy atom. The van der Waals surface area contributed by atoms with Crippen LogP contribution in [0.15, 0.2) is 24.3 Å². The second-order valence-electron chi connectivity index (χ2n) is 4.46. The lowest BCUT2D eigenvalue weighted by atomic mass is 9.84. The molecule has 0 saturated heterocycles. The van der Waals surface area contributed by atoms with Crippen LogP contribution in [-0.4, -0.2) is 11.4 Å². The molecule has 0 unspecified atom stereocenters. The van der Waals surface area contributed by atoms with Gasteiger partial charge in [-0.15, -0.1) is 0 Å². The highest BCUT2D eigenvalue weighted by Gasteiger charge is 2.32. The zero-order valence-electron chi connectivity index (χ0n) is 9.45. The van der Waals surface area contributed by atoms with Crippen molar-refractivity contribution < 1.29 is 23.1 Å². The molecule has 0 fully saturated rings. The van der Waals surface area contributed by atoms with E-state index in [0.717, 1.165) is 12.1 Å². The maximum Gasteiger partial charge on any atom is 0.416 e. The van der Waals surface area contributed by atoms with Gasteiger partial charge >= 0.3 is 6.18 Å². The highest BCUT2D eigenvalue weighted by atomic mass is 19.4. The summed E-state index contributed by atoms with van der Waals surface area (Å²) in [5.74, 6) is 0. The average molecular weight is 246 g/mol. The topological polar surface area (TPSA) is 37.3 Å². The predicted octanol–water partition coefficient (Wildman–Crippen LogP) is 2.96. The van der Waals surface area contributed by atoms with E-state index in [-0.39, 0.29) is 5.56 Å². The standard InChI is InChI=1S/C12H13F3O2/c1-11(2,7-16)10(17)8-3-5-9(6-4-8)12(13,14)15/h3-7,10,17H,1-2H3/t10-/m0/s1. The number of hydrogen-bond donors (Lipinski definition) is 1. The van der Waals surface area contributed by atoms with Crippen LogP contribution < -0.4 is 0 Å². The van der Waals surface area contributed by atoms with Crippen molar-refractivity contribution in [2.45, 2.75) is 26.1 Å². The first-order valence-corrected chi connectivity index (χ1v) is 5.00. The third-order valence-electron chi connectivity index (χ3n) is 2.56. The molecule has 0 aliphatic heterocycles. The van der Waals surface area contributed by atoms with Crippen molar-refractivity contribution >= 4 is 6.29 Å². The van der Waals surface area contributed by atoms with E-state index < -0.39 is 23.3 Å². The van der Waals surface area contributed by atoms with E-state index in [2.05, 4.69) is 0 Å². The number of carbonyl (C=O) groups is 1. The number of aliphatic hydroxyl groups is 1. The summed E-state index contributed by atoms with van der Waals surface area (Å²) >= 11 is 0. The number of aldehydes is 1. The zero-order valence-corrected chi connectivity index (χ0v) is 9.45. The maximum atomic E-state index is 12.3. The second-order valence-corrected chi connectivity index (χ2v) is 4.46. The van der Waals surface area contributed by atoms with E-state index in [1.807, 2.05) is 0 Å². The van der Waals surface area contributed by atoms with Gasteiger partial charge in [0.2, 0.25) is 0 Å². The summed E-state index contributed by atoms with van der Waals surface area (Å²) in [4.78, 5) is 10.7. The van der Waals surface area contributed by atoms with Gasteiger partial charge in [0.05, 0.1) is 17.1 Å². The van der Waals surface area contributed by atoms with E-state index in [4.69, 9.17) is 0 Å². The average Bonchev–Trinajstić information content (AvgIpc) is 2.27. The van der Waals surface area contributed by atoms with Gasteiger partial charge in [0.1, 0.15) is 6.29 Å². The Labute approximate surface area is 97.1 Å². The molecule has 5 heteroatoms. The fourth-order valence-electron chi connectivity index (χ4n) is 1.35. The van der Waals surface area contributed by atoms with Crippen LogP contribution >= 0.6 is 0 Å². The number of aliphatic hydroxyl groups excluding tert-OH is 1. The van der Waals surface area contributed by atoms with Crippen LogP contribution in [0.4, 0.5) is 13.2 Å². The molecule has 0 bridgehead atoms. The molecule has 1 atom stereocenters. The molecular weight excluding hydrogens is 233 g/mol. The Morgan fingerprint density at radius 3 is 2.00 bits per heavy atom. The molecule has 0 saturated carbocycles. The van der Waals surface area contributed by atoms with Gasteiger partial charge in [-0.1, -0.05) is 26.0 Å². The summed E-state index contributed by atoms with van der Waals surface area (Å²) in [5, 5.41) is 9.83. The number of carbonyl (C=O) groups excluding carboxylic acids is 1. The van der Waals surface area contributed by atoms with Crippen LogP contribution in [0, 0.1) is 5.41 Å². The smallest absolute Gasteiger partial charge is 0.387 e. The quantitative estimate of drug-likeness (QED) is 0.832. The van der Waals surface area contributed by atoms with Gasteiger partial charge in [0.25, 0.3) is 0 Å². The third-order valence-corrected chi connectivity index (χ3v) is 2.56. The minimum atomic E-state index is -4.40. The number of benzene rings is 1. The molecule has 1 aromatic rings. The maximum absolute atomic E-state index is 12.3. The highest BCUT2D eigenvalue weighted by molar-refractivity contribution is 5.59. The fourth-order valence-corrected chi connectivity index (χ4v) is 1.35. The summed E-state index contributed by atoms with van der Waals surface area (Å²) < 4.78 is 36.9. The Balaban J connectivity index is 3.00. The number of alkyl halides is 3. The van der Waals surface area contributed by atoms with Crippen LogP contribution in [0.1, 0.15) is 31.1 Å². The van der Waals surface area contributed by atoms with Crippen molar-refractivity contribution in [2.24, 2.45) is 5.41 Å². The number of hydrogen-bond acceptors (Lipinski definition) is 2. The zero-order chi connectivity index (χ0) is 13.3. The van der Waals surface area contributed by atoms with Crippen molar-refractivity contribution in [3.05, 3.63) is 35.4 Å². The molecular formula is C12H13F3O2. The van der Waals surface area contributed by atoms with Gasteiger partial charge in [-0.25, -0.2) is 0 Å². The van der Waals surface area contributed by atoms with Crippen molar-refractivity contribution in [3.63, 3.8) is 0 Å². The first kappa shape index (κ1) is 13.7. The lowest BCUT2D eigenvalue weighted by Crippen LogP contribution is -2.23. The van der Waals surface area contributed by atoms with Gasteiger partial charge in [0, 0.05) is 0 Å². The Kier molecular flexibility index (Phi) is 3.62. The van der Waals surface area contributed by atoms with Gasteiger partial charge in [0.15, 0.2) is 0 Å². The van der Waals surface area contributed by atoms with E-state index in [0.29, 0.717) is 6.29 Å². The van der Waals surface area contributed by atoms with Gasteiger partial charge < -0.3 is 9.90 Å². The van der Waals surface area contributed by atoms with Crippen molar-refractivity contribution in [3.8, 4) is 0 Å². The second kappa shape index (κ2) is 4.49. The van der Waals surface area contributed by atoms with E-state index in [1.54, 1.807) is 0 Å². The summed E-state index contributed by atoms with van der Waals surface area (Å²) in [6, 6.07) is 4.14. The van der Waals surface area contributed by atoms with Gasteiger partial charge in [-0.2, -0.15) is 13.2 Å². The van der Waals surface area contributed by atoms with Crippen molar-refractivity contribution in [1.82, 2.24) is 0 Å². The Morgan fingerprint density at radius 2 is 1.65 bits per heavy atom. The summed E-state index contributed by atoms with van der Waals surface area (Å²) in [6.07, 6.45) is -4.94. The summed E-state index contributed by atoms with van der Waals surface area (Å²) in [6.45, 7) is 3.03. The fraction of sp³-hybridized carbons (Fsp3) is 0.417. The molecule has 0 spiro atoms. The molecule has 1 rings (SSSR count). The normalized spacial score (nSPS) is 14.5. The van der Waals surface area contributed by atoms with Crippen LogP contribution in [0.3, 0.4) is 0 Å². The number of rotatable bonds is 3. The Bertz CT molecular complexity index is 393. The lowest BCUT2D eigenvalue weighted by molar-refractivity contribution is -0.137. The highest BCUT2D eigenvalue weighted by Crippen LogP contribution is 2.34. The van der Waals surface area contributed by atoms with Crippen LogP contribution in [-0.2, 0) is 11.0 Å². The first-order valence-electron chi connectivity index (χ1n) is 5.00. The van der Waals surface area contributed by atoms with E-state index >= 15 is 0 Å². The molecule has 1 aromatic carbocycles. The third kappa shape index (κ3) is 3.06. The van der Waals surface area contributed by atoms with E-state index in [9.17, 15) is 23.1 Å². The largest absolute Gasteiger partial charge is 0.416 e. The van der Waals surface area contributed by atoms with Gasteiger partial charge in [-0.05, 0) is 17.7 Å².